The van der Waals surface area contributed by atoms with Crippen LogP contribution in [0.5, 0.6) is 0 Å². The number of rotatable bonds is 1. The number of benzene rings is 1. The molecule has 0 bridgehead atoms. The van der Waals surface area contributed by atoms with Crippen molar-refractivity contribution in [1.29, 1.82) is 0 Å². The lowest BCUT2D eigenvalue weighted by Gasteiger charge is -2.20. The minimum Gasteiger partial charge on any atom is -0.323 e. The summed E-state index contributed by atoms with van der Waals surface area (Å²) in [6.07, 6.45) is 3.30. The summed E-state index contributed by atoms with van der Waals surface area (Å²) >= 11 is 11.8. The van der Waals surface area contributed by atoms with Crippen LogP contribution in [0.2, 0.25) is 10.0 Å². The Hall–Kier alpha value is -1.26. The Labute approximate surface area is 120 Å². The van der Waals surface area contributed by atoms with Gasteiger partial charge in [0, 0.05) is 10.0 Å². The quantitative estimate of drug-likeness (QED) is 0.808. The van der Waals surface area contributed by atoms with Crippen molar-refractivity contribution in [3.8, 4) is 0 Å². The highest BCUT2D eigenvalue weighted by Gasteiger charge is 2.52. The van der Waals surface area contributed by atoms with Gasteiger partial charge in [-0.3, -0.25) is 4.79 Å². The van der Waals surface area contributed by atoms with Gasteiger partial charge in [0.05, 0.1) is 5.69 Å². The topological polar surface area (TPSA) is 49.4 Å². The second-order valence-corrected chi connectivity index (χ2v) is 5.86. The monoisotopic (exact) mass is 298 g/mol. The minimum atomic E-state index is -0.716. The Bertz CT molecular complexity index is 548. The molecule has 6 heteroatoms. The first-order valence-corrected chi connectivity index (χ1v) is 6.90. The molecular weight excluding hydrogens is 287 g/mol. The Balaban J connectivity index is 2.01. The zero-order valence-corrected chi connectivity index (χ0v) is 11.6. The van der Waals surface area contributed by atoms with Crippen molar-refractivity contribution in [3.63, 3.8) is 0 Å². The van der Waals surface area contributed by atoms with Gasteiger partial charge in [-0.1, -0.05) is 36.0 Å². The van der Waals surface area contributed by atoms with Crippen LogP contribution in [0.3, 0.4) is 0 Å². The standard InChI is InChI=1S/C13H12Cl2N2O2/c14-8-5-9(15)7-10(6-8)17-11(18)13(16-12(17)19)3-1-2-4-13/h5-7H,1-4H2,(H,16,19). The molecule has 1 aromatic carbocycles. The summed E-state index contributed by atoms with van der Waals surface area (Å²) in [6.45, 7) is 0. The highest BCUT2D eigenvalue weighted by Crippen LogP contribution is 2.38. The van der Waals surface area contributed by atoms with E-state index in [2.05, 4.69) is 5.32 Å². The molecule has 1 spiro atoms. The molecule has 0 unspecified atom stereocenters. The van der Waals surface area contributed by atoms with Gasteiger partial charge in [-0.25, -0.2) is 9.69 Å². The van der Waals surface area contributed by atoms with Gasteiger partial charge in [-0.15, -0.1) is 0 Å². The Morgan fingerprint density at radius 3 is 2.21 bits per heavy atom. The fourth-order valence-corrected chi connectivity index (χ4v) is 3.36. The fraction of sp³-hybridized carbons (Fsp3) is 0.385. The van der Waals surface area contributed by atoms with E-state index in [4.69, 9.17) is 23.2 Å². The number of imide groups is 1. The van der Waals surface area contributed by atoms with E-state index in [1.54, 1.807) is 18.2 Å². The molecule has 1 N–H and O–H groups in total. The average molecular weight is 299 g/mol. The van der Waals surface area contributed by atoms with Crippen LogP contribution in [-0.2, 0) is 4.79 Å². The number of halogens is 2. The van der Waals surface area contributed by atoms with Crippen molar-refractivity contribution >= 4 is 40.8 Å². The summed E-state index contributed by atoms with van der Waals surface area (Å²) < 4.78 is 0. The van der Waals surface area contributed by atoms with Gasteiger partial charge in [-0.05, 0) is 31.0 Å². The molecule has 4 nitrogen and oxygen atoms in total. The Kier molecular flexibility index (Phi) is 2.95. The summed E-state index contributed by atoms with van der Waals surface area (Å²) in [5, 5.41) is 3.61. The third kappa shape index (κ3) is 1.99. The maximum Gasteiger partial charge on any atom is 0.329 e. The molecule has 100 valence electrons. The molecule has 0 aromatic heterocycles. The first-order chi connectivity index (χ1) is 9.02. The third-order valence-corrected chi connectivity index (χ3v) is 4.16. The summed E-state index contributed by atoms with van der Waals surface area (Å²) in [5.74, 6) is -0.201. The zero-order valence-electron chi connectivity index (χ0n) is 10.1. The molecule has 1 saturated heterocycles. The molecular formula is C13H12Cl2N2O2. The molecule has 2 fully saturated rings. The maximum absolute atomic E-state index is 12.5. The summed E-state index contributed by atoms with van der Waals surface area (Å²) in [6, 6.07) is 4.30. The number of hydrogen-bond acceptors (Lipinski definition) is 2. The molecule has 0 radical (unpaired) electrons. The predicted octanol–water partition coefficient (Wildman–Crippen LogP) is 3.36. The number of anilines is 1. The first kappa shape index (κ1) is 12.8. The average Bonchev–Trinajstić information content (AvgIpc) is 2.85. The van der Waals surface area contributed by atoms with Crippen LogP contribution in [0, 0.1) is 0 Å². The summed E-state index contributed by atoms with van der Waals surface area (Å²) in [4.78, 5) is 25.7. The lowest BCUT2D eigenvalue weighted by atomic mass is 9.98. The minimum absolute atomic E-state index is 0.201. The van der Waals surface area contributed by atoms with Gasteiger partial charge in [-0.2, -0.15) is 0 Å². The van der Waals surface area contributed by atoms with Gasteiger partial charge in [0.25, 0.3) is 5.91 Å². The van der Waals surface area contributed by atoms with E-state index < -0.39 is 11.6 Å². The van der Waals surface area contributed by atoms with E-state index in [9.17, 15) is 9.59 Å². The second-order valence-electron chi connectivity index (χ2n) is 4.99. The van der Waals surface area contributed by atoms with E-state index in [1.165, 1.54) is 0 Å². The maximum atomic E-state index is 12.5. The van der Waals surface area contributed by atoms with Gasteiger partial charge in [0.15, 0.2) is 0 Å². The van der Waals surface area contributed by atoms with E-state index in [1.807, 2.05) is 0 Å². The fourth-order valence-electron chi connectivity index (χ4n) is 2.84. The molecule has 0 atom stereocenters. The van der Waals surface area contributed by atoms with Crippen molar-refractivity contribution in [2.24, 2.45) is 0 Å². The van der Waals surface area contributed by atoms with Gasteiger partial charge < -0.3 is 5.32 Å². The smallest absolute Gasteiger partial charge is 0.323 e. The van der Waals surface area contributed by atoms with Crippen LogP contribution in [0.1, 0.15) is 25.7 Å². The number of amides is 3. The van der Waals surface area contributed by atoms with Crippen LogP contribution in [0.25, 0.3) is 0 Å². The highest BCUT2D eigenvalue weighted by atomic mass is 35.5. The van der Waals surface area contributed by atoms with Crippen molar-refractivity contribution in [2.75, 3.05) is 4.90 Å². The first-order valence-electron chi connectivity index (χ1n) is 6.15. The number of carbonyl (C=O) groups excluding carboxylic acids is 2. The molecule has 1 aliphatic heterocycles. The van der Waals surface area contributed by atoms with Gasteiger partial charge >= 0.3 is 6.03 Å². The normalized spacial score (nSPS) is 21.3. The molecule has 1 aromatic rings. The van der Waals surface area contributed by atoms with Gasteiger partial charge in [0.2, 0.25) is 0 Å². The lowest BCUT2D eigenvalue weighted by molar-refractivity contribution is -0.121. The lowest BCUT2D eigenvalue weighted by Crippen LogP contribution is -2.44. The summed E-state index contributed by atoms with van der Waals surface area (Å²) in [5.41, 5.74) is -0.296. The number of urea groups is 1. The number of nitrogens with zero attached hydrogens (tertiary/aromatic N) is 1. The molecule has 1 saturated carbocycles. The van der Waals surface area contributed by atoms with Crippen LogP contribution in [0.4, 0.5) is 10.5 Å². The summed E-state index contributed by atoms with van der Waals surface area (Å²) in [7, 11) is 0. The van der Waals surface area contributed by atoms with Crippen molar-refractivity contribution < 1.29 is 9.59 Å². The largest absolute Gasteiger partial charge is 0.329 e. The van der Waals surface area contributed by atoms with Crippen molar-refractivity contribution in [2.45, 2.75) is 31.2 Å². The third-order valence-electron chi connectivity index (χ3n) is 3.72. The molecule has 1 aliphatic carbocycles. The van der Waals surface area contributed by atoms with Crippen LogP contribution in [-0.4, -0.2) is 17.5 Å². The van der Waals surface area contributed by atoms with Crippen LogP contribution in [0.15, 0.2) is 18.2 Å². The van der Waals surface area contributed by atoms with E-state index in [0.717, 1.165) is 17.7 Å². The van der Waals surface area contributed by atoms with Crippen LogP contribution < -0.4 is 10.2 Å². The number of carbonyl (C=O) groups is 2. The van der Waals surface area contributed by atoms with E-state index in [0.29, 0.717) is 28.6 Å². The van der Waals surface area contributed by atoms with Crippen molar-refractivity contribution in [3.05, 3.63) is 28.2 Å². The second kappa shape index (κ2) is 4.39. The molecule has 1 heterocycles. The number of nitrogens with one attached hydrogen (secondary N) is 1. The highest BCUT2D eigenvalue weighted by molar-refractivity contribution is 6.35. The SMILES string of the molecule is O=C1NC2(CCCC2)C(=O)N1c1cc(Cl)cc(Cl)c1. The van der Waals surface area contributed by atoms with Crippen LogP contribution >= 0.6 is 23.2 Å². The molecule has 3 rings (SSSR count). The number of hydrogen-bond donors (Lipinski definition) is 1. The molecule has 3 amide bonds. The molecule has 2 aliphatic rings. The predicted molar refractivity (Wildman–Crippen MR) is 73.7 cm³/mol. The molecule has 19 heavy (non-hydrogen) atoms. The zero-order chi connectivity index (χ0) is 13.6. The van der Waals surface area contributed by atoms with E-state index >= 15 is 0 Å². The van der Waals surface area contributed by atoms with Gasteiger partial charge in [0.1, 0.15) is 5.54 Å². The Morgan fingerprint density at radius 1 is 1.05 bits per heavy atom. The van der Waals surface area contributed by atoms with Crippen molar-refractivity contribution in [1.82, 2.24) is 5.32 Å². The Morgan fingerprint density at radius 2 is 1.63 bits per heavy atom. The van der Waals surface area contributed by atoms with E-state index in [-0.39, 0.29) is 5.91 Å².